The summed E-state index contributed by atoms with van der Waals surface area (Å²) >= 11 is 11.2. The van der Waals surface area contributed by atoms with E-state index in [0.29, 0.717) is 17.9 Å². The van der Waals surface area contributed by atoms with E-state index in [4.69, 9.17) is 28.9 Å². The minimum Gasteiger partial charge on any atom is -0.387 e. The van der Waals surface area contributed by atoms with Gasteiger partial charge in [0.25, 0.3) is 0 Å². The molecule has 5 heteroatoms. The van der Waals surface area contributed by atoms with Gasteiger partial charge in [-0.1, -0.05) is 30.1 Å². The molecule has 0 heterocycles. The first-order chi connectivity index (χ1) is 7.04. The van der Waals surface area contributed by atoms with Crippen LogP contribution >= 0.6 is 23.2 Å². The molecule has 0 saturated heterocycles. The maximum Gasteiger partial charge on any atom is 0.160 e. The van der Waals surface area contributed by atoms with Gasteiger partial charge in [0.05, 0.1) is 21.6 Å². The molecule has 1 rings (SSSR count). The van der Waals surface area contributed by atoms with Crippen molar-refractivity contribution in [2.24, 2.45) is 10.7 Å². The van der Waals surface area contributed by atoms with Crippen LogP contribution in [-0.2, 0) is 0 Å². The van der Waals surface area contributed by atoms with Crippen molar-refractivity contribution in [2.75, 3.05) is 0 Å². The zero-order chi connectivity index (χ0) is 11.4. The Morgan fingerprint density at radius 2 is 1.93 bits per heavy atom. The molecule has 0 saturated carbocycles. The number of aliphatic imine (C=N–C) groups is 1. The monoisotopic (exact) mass is 248 g/mol. The van der Waals surface area contributed by atoms with E-state index in [-0.39, 0.29) is 10.0 Å². The summed E-state index contributed by atoms with van der Waals surface area (Å²) in [6, 6.07) is 2.79. The van der Waals surface area contributed by atoms with E-state index in [2.05, 4.69) is 4.99 Å². The Hall–Kier alpha value is -0.800. The van der Waals surface area contributed by atoms with Crippen LogP contribution in [-0.4, -0.2) is 5.84 Å². The zero-order valence-electron chi connectivity index (χ0n) is 8.23. The van der Waals surface area contributed by atoms with Gasteiger partial charge in [-0.15, -0.1) is 0 Å². The van der Waals surface area contributed by atoms with E-state index in [9.17, 15) is 4.39 Å². The molecule has 2 nitrogen and oxygen atoms in total. The molecule has 0 amide bonds. The highest BCUT2D eigenvalue weighted by Crippen LogP contribution is 2.28. The van der Waals surface area contributed by atoms with E-state index in [1.807, 2.05) is 6.92 Å². The molecule has 0 spiro atoms. The molecule has 1 aromatic rings. The van der Waals surface area contributed by atoms with E-state index in [0.717, 1.165) is 6.42 Å². The van der Waals surface area contributed by atoms with Crippen molar-refractivity contribution in [2.45, 2.75) is 19.8 Å². The summed E-state index contributed by atoms with van der Waals surface area (Å²) in [6.07, 6.45) is 1.59. The minimum atomic E-state index is -0.633. The standard InChI is InChI=1S/C10H11Cl2FN2/c1-2-3-9(14)15-6-4-7(11)10(13)8(12)5-6/h4-5H,2-3H2,1H3,(H2,14,15). The SMILES string of the molecule is CCCC(N)=Nc1cc(Cl)c(F)c(Cl)c1. The fourth-order valence-corrected chi connectivity index (χ4v) is 1.56. The zero-order valence-corrected chi connectivity index (χ0v) is 9.74. The first-order valence-corrected chi connectivity index (χ1v) is 5.27. The summed E-state index contributed by atoms with van der Waals surface area (Å²) in [6.45, 7) is 1.99. The van der Waals surface area contributed by atoms with E-state index in [1.54, 1.807) is 0 Å². The van der Waals surface area contributed by atoms with E-state index < -0.39 is 5.82 Å². The van der Waals surface area contributed by atoms with Crippen LogP contribution in [0.5, 0.6) is 0 Å². The molecule has 0 aliphatic heterocycles. The van der Waals surface area contributed by atoms with Crippen LogP contribution in [0, 0.1) is 5.82 Å². The normalized spacial score (nSPS) is 11.9. The highest BCUT2D eigenvalue weighted by Gasteiger charge is 2.07. The Balaban J connectivity index is 3.02. The van der Waals surface area contributed by atoms with Crippen molar-refractivity contribution >= 4 is 34.7 Å². The third kappa shape index (κ3) is 3.36. The van der Waals surface area contributed by atoms with E-state index in [1.165, 1.54) is 12.1 Å². The lowest BCUT2D eigenvalue weighted by atomic mass is 10.3. The third-order valence-corrected chi connectivity index (χ3v) is 2.30. The number of amidine groups is 1. The Kier molecular flexibility index (Phi) is 4.36. The topological polar surface area (TPSA) is 38.4 Å². The first-order valence-electron chi connectivity index (χ1n) is 4.52. The maximum absolute atomic E-state index is 13.1. The predicted octanol–water partition coefficient (Wildman–Crippen LogP) is 3.92. The molecule has 0 aromatic heterocycles. The van der Waals surface area contributed by atoms with Crippen molar-refractivity contribution in [3.8, 4) is 0 Å². The van der Waals surface area contributed by atoms with Crippen LogP contribution in [0.4, 0.5) is 10.1 Å². The van der Waals surface area contributed by atoms with Crippen LogP contribution in [0.3, 0.4) is 0 Å². The van der Waals surface area contributed by atoms with Gasteiger partial charge >= 0.3 is 0 Å². The summed E-state index contributed by atoms with van der Waals surface area (Å²) in [5, 5.41) is -0.101. The van der Waals surface area contributed by atoms with Gasteiger partial charge in [0.2, 0.25) is 0 Å². The van der Waals surface area contributed by atoms with Crippen LogP contribution < -0.4 is 5.73 Å². The van der Waals surface area contributed by atoms with Gasteiger partial charge in [-0.3, -0.25) is 0 Å². The number of hydrogen-bond acceptors (Lipinski definition) is 1. The second-order valence-corrected chi connectivity index (χ2v) is 3.89. The Morgan fingerprint density at radius 1 is 1.40 bits per heavy atom. The number of rotatable bonds is 3. The van der Waals surface area contributed by atoms with Crippen molar-refractivity contribution in [1.29, 1.82) is 0 Å². The number of benzene rings is 1. The summed E-state index contributed by atoms with van der Waals surface area (Å²) in [5.74, 6) is -0.150. The number of halogens is 3. The van der Waals surface area contributed by atoms with Crippen LogP contribution in [0.15, 0.2) is 17.1 Å². The number of nitrogens with two attached hydrogens (primary N) is 1. The second-order valence-electron chi connectivity index (χ2n) is 3.08. The summed E-state index contributed by atoms with van der Waals surface area (Å²) in [5.41, 5.74) is 6.09. The van der Waals surface area contributed by atoms with Crippen molar-refractivity contribution in [3.05, 3.63) is 28.0 Å². The molecule has 0 bridgehead atoms. The molecule has 1 aromatic carbocycles. The number of nitrogens with zero attached hydrogens (tertiary/aromatic N) is 1. The lowest BCUT2D eigenvalue weighted by Gasteiger charge is -2.01. The molecular formula is C10H11Cl2FN2. The number of hydrogen-bond donors (Lipinski definition) is 1. The fraction of sp³-hybridized carbons (Fsp3) is 0.300. The maximum atomic E-state index is 13.1. The van der Waals surface area contributed by atoms with Crippen molar-refractivity contribution < 1.29 is 4.39 Å². The molecular weight excluding hydrogens is 238 g/mol. The lowest BCUT2D eigenvalue weighted by Crippen LogP contribution is -2.09. The summed E-state index contributed by atoms with van der Waals surface area (Å²) < 4.78 is 13.1. The lowest BCUT2D eigenvalue weighted by molar-refractivity contribution is 0.629. The third-order valence-electron chi connectivity index (χ3n) is 1.75. The van der Waals surface area contributed by atoms with Gasteiger partial charge in [-0.2, -0.15) is 0 Å². The molecule has 0 radical (unpaired) electrons. The average molecular weight is 249 g/mol. The second kappa shape index (κ2) is 5.33. The van der Waals surface area contributed by atoms with Crippen LogP contribution in [0.1, 0.15) is 19.8 Å². The quantitative estimate of drug-likeness (QED) is 0.492. The van der Waals surface area contributed by atoms with Crippen molar-refractivity contribution in [3.63, 3.8) is 0 Å². The van der Waals surface area contributed by atoms with Gasteiger partial charge in [-0.05, 0) is 18.6 Å². The predicted molar refractivity (Wildman–Crippen MR) is 62.6 cm³/mol. The molecule has 0 fully saturated rings. The molecule has 0 unspecified atom stereocenters. The Bertz CT molecular complexity index is 368. The van der Waals surface area contributed by atoms with Gasteiger partial charge in [0, 0.05) is 6.42 Å². The molecule has 0 aliphatic rings. The molecule has 82 valence electrons. The summed E-state index contributed by atoms with van der Waals surface area (Å²) in [7, 11) is 0. The van der Waals surface area contributed by atoms with Crippen LogP contribution in [0.25, 0.3) is 0 Å². The molecule has 2 N–H and O–H groups in total. The molecule has 0 atom stereocenters. The largest absolute Gasteiger partial charge is 0.387 e. The van der Waals surface area contributed by atoms with Crippen molar-refractivity contribution in [1.82, 2.24) is 0 Å². The first kappa shape index (κ1) is 12.3. The molecule has 15 heavy (non-hydrogen) atoms. The smallest absolute Gasteiger partial charge is 0.160 e. The van der Waals surface area contributed by atoms with Gasteiger partial charge in [0.1, 0.15) is 0 Å². The average Bonchev–Trinajstić information content (AvgIpc) is 2.14. The minimum absolute atomic E-state index is 0.0504. The Labute approximate surface area is 97.9 Å². The molecule has 0 aliphatic carbocycles. The van der Waals surface area contributed by atoms with Gasteiger partial charge < -0.3 is 5.73 Å². The highest BCUT2D eigenvalue weighted by atomic mass is 35.5. The highest BCUT2D eigenvalue weighted by molar-refractivity contribution is 6.35. The van der Waals surface area contributed by atoms with Crippen LogP contribution in [0.2, 0.25) is 10.0 Å². The van der Waals surface area contributed by atoms with Gasteiger partial charge in [0.15, 0.2) is 5.82 Å². The van der Waals surface area contributed by atoms with E-state index >= 15 is 0 Å². The van der Waals surface area contributed by atoms with Gasteiger partial charge in [-0.25, -0.2) is 9.38 Å². The summed E-state index contributed by atoms with van der Waals surface area (Å²) in [4.78, 5) is 4.07. The Morgan fingerprint density at radius 3 is 2.40 bits per heavy atom. The fourth-order valence-electron chi connectivity index (χ4n) is 1.08.